The topological polar surface area (TPSA) is 25.4 Å². The van der Waals surface area contributed by atoms with Gasteiger partial charge in [-0.15, -0.1) is 0 Å². The van der Waals surface area contributed by atoms with Crippen LogP contribution in [0, 0.1) is 5.92 Å². The Kier molecular flexibility index (Phi) is 4.86. The third kappa shape index (κ3) is 4.18. The highest BCUT2D eigenvalue weighted by atomic mass is 16.5. The van der Waals surface area contributed by atoms with Gasteiger partial charge in [0, 0.05) is 12.7 Å². The van der Waals surface area contributed by atoms with E-state index in [9.17, 15) is 0 Å². The number of rotatable bonds is 4. The molecule has 1 atom stereocenters. The lowest BCUT2D eigenvalue weighted by atomic mass is 9.97. The Labute approximate surface area is 132 Å². The van der Waals surface area contributed by atoms with Gasteiger partial charge in [-0.3, -0.25) is 4.98 Å². The van der Waals surface area contributed by atoms with Crippen molar-refractivity contribution in [1.82, 2.24) is 9.88 Å². The van der Waals surface area contributed by atoms with Crippen LogP contribution in [0.2, 0.25) is 0 Å². The smallest absolute Gasteiger partial charge is 0.146 e. The summed E-state index contributed by atoms with van der Waals surface area (Å²) < 4.78 is 5.82. The van der Waals surface area contributed by atoms with Gasteiger partial charge in [0.2, 0.25) is 0 Å². The molecule has 3 nitrogen and oxygen atoms in total. The molecule has 0 radical (unpaired) electrons. The third-order valence-electron chi connectivity index (χ3n) is 3.93. The molecule has 0 unspecified atom stereocenters. The summed E-state index contributed by atoms with van der Waals surface area (Å²) in [6.07, 6.45) is 10.6. The molecule has 114 valence electrons. The van der Waals surface area contributed by atoms with E-state index < -0.39 is 0 Å². The zero-order valence-corrected chi connectivity index (χ0v) is 13.0. The number of hydrogen-bond acceptors (Lipinski definition) is 3. The number of nitrogens with zero attached hydrogens (tertiary/aromatic N) is 2. The van der Waals surface area contributed by atoms with Crippen LogP contribution in [-0.4, -0.2) is 30.0 Å². The molecule has 22 heavy (non-hydrogen) atoms. The van der Waals surface area contributed by atoms with Crippen molar-refractivity contribution in [3.05, 3.63) is 60.4 Å². The van der Waals surface area contributed by atoms with Gasteiger partial charge in [-0.2, -0.15) is 0 Å². The number of para-hydroxylation sites is 1. The van der Waals surface area contributed by atoms with E-state index in [4.69, 9.17) is 4.74 Å². The SMILES string of the molecule is CN1CCC[C@H](/C=C/c2cncc(Oc3ccccc3)c2)C1. The molecule has 0 spiro atoms. The van der Waals surface area contributed by atoms with E-state index in [0.29, 0.717) is 5.92 Å². The summed E-state index contributed by atoms with van der Waals surface area (Å²) in [6.45, 7) is 2.36. The number of hydrogen-bond donors (Lipinski definition) is 0. The second kappa shape index (κ2) is 7.23. The Hall–Kier alpha value is -2.13. The molecule has 0 amide bonds. The normalized spacial score (nSPS) is 19.4. The molecule has 0 saturated carbocycles. The first-order chi connectivity index (χ1) is 10.8. The quantitative estimate of drug-likeness (QED) is 0.844. The van der Waals surface area contributed by atoms with Gasteiger partial charge in [0.05, 0.1) is 6.20 Å². The first-order valence-corrected chi connectivity index (χ1v) is 7.84. The molecule has 0 bridgehead atoms. The second-order valence-electron chi connectivity index (χ2n) is 5.89. The van der Waals surface area contributed by atoms with Gasteiger partial charge in [-0.1, -0.05) is 30.4 Å². The van der Waals surface area contributed by atoms with Crippen molar-refractivity contribution in [3.8, 4) is 11.5 Å². The zero-order chi connectivity index (χ0) is 15.2. The molecule has 1 aromatic carbocycles. The average molecular weight is 294 g/mol. The van der Waals surface area contributed by atoms with E-state index >= 15 is 0 Å². The fourth-order valence-electron chi connectivity index (χ4n) is 2.82. The minimum Gasteiger partial charge on any atom is -0.456 e. The molecular formula is C19H22N2O. The number of benzene rings is 1. The summed E-state index contributed by atoms with van der Waals surface area (Å²) >= 11 is 0. The zero-order valence-electron chi connectivity index (χ0n) is 13.0. The highest BCUT2D eigenvalue weighted by Crippen LogP contribution is 2.22. The number of aromatic nitrogens is 1. The van der Waals surface area contributed by atoms with Crippen molar-refractivity contribution in [2.75, 3.05) is 20.1 Å². The van der Waals surface area contributed by atoms with E-state index in [1.807, 2.05) is 42.6 Å². The molecule has 3 heteroatoms. The molecule has 1 fully saturated rings. The molecule has 0 aliphatic carbocycles. The van der Waals surface area contributed by atoms with E-state index in [2.05, 4.69) is 29.1 Å². The van der Waals surface area contributed by atoms with Gasteiger partial charge in [-0.25, -0.2) is 0 Å². The standard InChI is InChI=1S/C19H22N2O/c1-21-11-5-6-16(15-21)9-10-17-12-19(14-20-13-17)22-18-7-3-2-4-8-18/h2-4,7-10,12-14,16H,5-6,11,15H2,1H3/b10-9+/t16-/m1/s1. The largest absolute Gasteiger partial charge is 0.456 e. The Morgan fingerprint density at radius 1 is 1.18 bits per heavy atom. The van der Waals surface area contributed by atoms with Crippen molar-refractivity contribution >= 4 is 6.08 Å². The van der Waals surface area contributed by atoms with Crippen molar-refractivity contribution in [1.29, 1.82) is 0 Å². The number of pyridine rings is 1. The molecule has 1 aliphatic rings. The Balaban J connectivity index is 1.66. The molecule has 3 rings (SSSR count). The van der Waals surface area contributed by atoms with Crippen LogP contribution < -0.4 is 4.74 Å². The molecule has 0 N–H and O–H groups in total. The van der Waals surface area contributed by atoms with Gasteiger partial charge in [0.25, 0.3) is 0 Å². The fraction of sp³-hybridized carbons (Fsp3) is 0.316. The number of likely N-dealkylation sites (tertiary alicyclic amines) is 1. The van der Waals surface area contributed by atoms with Crippen molar-refractivity contribution in [2.45, 2.75) is 12.8 Å². The van der Waals surface area contributed by atoms with Crippen molar-refractivity contribution in [2.24, 2.45) is 5.92 Å². The molecule has 1 saturated heterocycles. The molecule has 2 heterocycles. The first kappa shape index (κ1) is 14.8. The summed E-state index contributed by atoms with van der Waals surface area (Å²) in [5, 5.41) is 0. The monoisotopic (exact) mass is 294 g/mol. The summed E-state index contributed by atoms with van der Waals surface area (Å²) in [5.41, 5.74) is 1.08. The highest BCUT2D eigenvalue weighted by Gasteiger charge is 2.14. The van der Waals surface area contributed by atoms with Crippen LogP contribution in [0.15, 0.2) is 54.9 Å². The lowest BCUT2D eigenvalue weighted by Crippen LogP contribution is -2.30. The fourth-order valence-corrected chi connectivity index (χ4v) is 2.82. The van der Waals surface area contributed by atoms with Crippen LogP contribution in [0.25, 0.3) is 6.08 Å². The minimum atomic E-state index is 0.637. The van der Waals surface area contributed by atoms with Gasteiger partial charge >= 0.3 is 0 Å². The summed E-state index contributed by atoms with van der Waals surface area (Å²) in [6, 6.07) is 11.8. The van der Waals surface area contributed by atoms with E-state index in [1.165, 1.54) is 19.4 Å². The van der Waals surface area contributed by atoms with Crippen molar-refractivity contribution in [3.63, 3.8) is 0 Å². The van der Waals surface area contributed by atoms with Gasteiger partial charge in [-0.05, 0) is 56.1 Å². The summed E-state index contributed by atoms with van der Waals surface area (Å²) in [7, 11) is 2.19. The van der Waals surface area contributed by atoms with E-state index in [0.717, 1.165) is 23.6 Å². The predicted molar refractivity (Wildman–Crippen MR) is 90.0 cm³/mol. The molecular weight excluding hydrogens is 272 g/mol. The lowest BCUT2D eigenvalue weighted by molar-refractivity contribution is 0.238. The lowest BCUT2D eigenvalue weighted by Gasteiger charge is -2.27. The first-order valence-electron chi connectivity index (χ1n) is 7.84. The van der Waals surface area contributed by atoms with Crippen LogP contribution in [0.3, 0.4) is 0 Å². The Morgan fingerprint density at radius 2 is 2.05 bits per heavy atom. The minimum absolute atomic E-state index is 0.637. The van der Waals surface area contributed by atoms with Crippen LogP contribution >= 0.6 is 0 Å². The van der Waals surface area contributed by atoms with Gasteiger partial charge in [0.15, 0.2) is 0 Å². The summed E-state index contributed by atoms with van der Waals surface area (Å²) in [4.78, 5) is 6.67. The highest BCUT2D eigenvalue weighted by molar-refractivity contribution is 5.50. The van der Waals surface area contributed by atoms with Crippen LogP contribution in [-0.2, 0) is 0 Å². The van der Waals surface area contributed by atoms with Gasteiger partial charge < -0.3 is 9.64 Å². The van der Waals surface area contributed by atoms with Crippen LogP contribution in [0.1, 0.15) is 18.4 Å². The maximum Gasteiger partial charge on any atom is 0.146 e. The predicted octanol–water partition coefficient (Wildman–Crippen LogP) is 4.23. The van der Waals surface area contributed by atoms with Crippen LogP contribution in [0.4, 0.5) is 0 Å². The van der Waals surface area contributed by atoms with Gasteiger partial charge in [0.1, 0.15) is 11.5 Å². The van der Waals surface area contributed by atoms with Crippen molar-refractivity contribution < 1.29 is 4.74 Å². The second-order valence-corrected chi connectivity index (χ2v) is 5.89. The Bertz CT molecular complexity index is 624. The maximum atomic E-state index is 5.82. The summed E-state index contributed by atoms with van der Waals surface area (Å²) in [5.74, 6) is 2.24. The van der Waals surface area contributed by atoms with E-state index in [-0.39, 0.29) is 0 Å². The maximum absolute atomic E-state index is 5.82. The number of ether oxygens (including phenoxy) is 1. The third-order valence-corrected chi connectivity index (χ3v) is 3.93. The molecule has 1 aliphatic heterocycles. The van der Waals surface area contributed by atoms with Crippen LogP contribution in [0.5, 0.6) is 11.5 Å². The average Bonchev–Trinajstić information content (AvgIpc) is 2.54. The van der Waals surface area contributed by atoms with E-state index in [1.54, 1.807) is 6.20 Å². The molecule has 2 aromatic rings. The number of piperidine rings is 1. The molecule has 1 aromatic heterocycles. The Morgan fingerprint density at radius 3 is 2.86 bits per heavy atom.